The Labute approximate surface area is 184 Å². The lowest BCUT2D eigenvalue weighted by atomic mass is 10.2. The smallest absolute Gasteiger partial charge is 0.331 e. The molecule has 168 valence electrons. The first-order chi connectivity index (χ1) is 15.6. The molecule has 0 spiro atoms. The van der Waals surface area contributed by atoms with E-state index in [2.05, 4.69) is 15.9 Å². The molecule has 2 aliphatic rings. The Balaban J connectivity index is 1.31. The second-order valence-corrected chi connectivity index (χ2v) is 8.02. The van der Waals surface area contributed by atoms with Gasteiger partial charge in [0.25, 0.3) is 5.56 Å². The van der Waals surface area contributed by atoms with E-state index in [4.69, 9.17) is 14.2 Å². The van der Waals surface area contributed by atoms with Crippen LogP contribution in [0.5, 0.6) is 17.2 Å². The minimum Gasteiger partial charge on any atom is -0.495 e. The monoisotopic (exact) mass is 438 g/mol. The number of fused-ring (bicyclic) bond motifs is 2. The molecule has 0 radical (unpaired) electrons. The lowest BCUT2D eigenvalue weighted by Crippen LogP contribution is -2.49. The van der Waals surface area contributed by atoms with E-state index in [0.29, 0.717) is 35.5 Å². The summed E-state index contributed by atoms with van der Waals surface area (Å²) in [7, 11) is 3.36. The highest BCUT2D eigenvalue weighted by molar-refractivity contribution is 5.82. The average Bonchev–Trinajstić information content (AvgIpc) is 3.30. The SMILES string of the molecule is COc1ccccc1N1CCN(CCn2c(=O)c3cc4c(cc3n(C)c2=O)OCO4)CC1. The van der Waals surface area contributed by atoms with Gasteiger partial charge in [0, 0.05) is 52.4 Å². The summed E-state index contributed by atoms with van der Waals surface area (Å²) in [6, 6.07) is 11.4. The minimum atomic E-state index is -0.325. The van der Waals surface area contributed by atoms with Crippen LogP contribution in [0.2, 0.25) is 0 Å². The number of methoxy groups -OCH3 is 1. The van der Waals surface area contributed by atoms with Crippen molar-refractivity contribution < 1.29 is 14.2 Å². The summed E-state index contributed by atoms with van der Waals surface area (Å²) in [6.45, 7) is 4.49. The topological polar surface area (TPSA) is 78.2 Å². The summed E-state index contributed by atoms with van der Waals surface area (Å²) in [5, 5.41) is 0.456. The van der Waals surface area contributed by atoms with Gasteiger partial charge < -0.3 is 19.1 Å². The fraction of sp³-hybridized carbons (Fsp3) is 0.391. The van der Waals surface area contributed by atoms with E-state index >= 15 is 0 Å². The molecule has 1 saturated heterocycles. The first-order valence-corrected chi connectivity index (χ1v) is 10.7. The van der Waals surface area contributed by atoms with Crippen LogP contribution in [0.1, 0.15) is 0 Å². The van der Waals surface area contributed by atoms with Gasteiger partial charge in [0.2, 0.25) is 6.79 Å². The van der Waals surface area contributed by atoms with Gasteiger partial charge in [-0.2, -0.15) is 0 Å². The second-order valence-electron chi connectivity index (χ2n) is 8.02. The largest absolute Gasteiger partial charge is 0.495 e. The van der Waals surface area contributed by atoms with E-state index in [0.717, 1.165) is 37.6 Å². The molecule has 2 aromatic carbocycles. The van der Waals surface area contributed by atoms with E-state index < -0.39 is 0 Å². The third-order valence-corrected chi connectivity index (χ3v) is 6.28. The summed E-state index contributed by atoms with van der Waals surface area (Å²) in [5.74, 6) is 1.96. The van der Waals surface area contributed by atoms with Gasteiger partial charge in [-0.25, -0.2) is 4.79 Å². The lowest BCUT2D eigenvalue weighted by Gasteiger charge is -2.36. The molecule has 32 heavy (non-hydrogen) atoms. The highest BCUT2D eigenvalue weighted by Gasteiger charge is 2.22. The molecule has 3 heterocycles. The Morgan fingerprint density at radius 3 is 2.44 bits per heavy atom. The van der Waals surface area contributed by atoms with Gasteiger partial charge in [-0.1, -0.05) is 12.1 Å². The molecule has 0 saturated carbocycles. The number of aromatic nitrogens is 2. The number of piperazine rings is 1. The van der Waals surface area contributed by atoms with E-state index in [1.807, 2.05) is 18.2 Å². The molecular weight excluding hydrogens is 412 g/mol. The zero-order valence-corrected chi connectivity index (χ0v) is 18.2. The molecule has 0 aliphatic carbocycles. The summed E-state index contributed by atoms with van der Waals surface area (Å²) >= 11 is 0. The number of ether oxygens (including phenoxy) is 3. The normalized spacial score (nSPS) is 16.0. The summed E-state index contributed by atoms with van der Waals surface area (Å²) in [5.41, 5.74) is 1.02. The Hall–Kier alpha value is -3.46. The number of anilines is 1. The molecular formula is C23H26N4O5. The van der Waals surface area contributed by atoms with Crippen LogP contribution in [0.15, 0.2) is 46.0 Å². The van der Waals surface area contributed by atoms with Crippen molar-refractivity contribution in [3.8, 4) is 17.2 Å². The van der Waals surface area contributed by atoms with Crippen LogP contribution in [0.3, 0.4) is 0 Å². The number of hydrogen-bond donors (Lipinski definition) is 0. The predicted octanol–water partition coefficient (Wildman–Crippen LogP) is 1.26. The molecule has 9 heteroatoms. The van der Waals surface area contributed by atoms with E-state index in [1.54, 1.807) is 26.3 Å². The van der Waals surface area contributed by atoms with Gasteiger partial charge in [-0.3, -0.25) is 18.8 Å². The number of aryl methyl sites for hydroxylation is 1. The number of benzene rings is 2. The Kier molecular flexibility index (Phi) is 5.26. The minimum absolute atomic E-state index is 0.120. The van der Waals surface area contributed by atoms with Crippen molar-refractivity contribution in [2.75, 3.05) is 51.5 Å². The van der Waals surface area contributed by atoms with Crippen LogP contribution in [-0.2, 0) is 13.6 Å². The predicted molar refractivity (Wildman–Crippen MR) is 121 cm³/mol. The molecule has 0 N–H and O–H groups in total. The van der Waals surface area contributed by atoms with Gasteiger partial charge in [0.05, 0.1) is 23.7 Å². The van der Waals surface area contributed by atoms with Crippen molar-refractivity contribution in [3.05, 3.63) is 57.2 Å². The first kappa shape index (κ1) is 20.4. The van der Waals surface area contributed by atoms with E-state index in [9.17, 15) is 9.59 Å². The van der Waals surface area contributed by atoms with Crippen molar-refractivity contribution in [2.24, 2.45) is 7.05 Å². The highest BCUT2D eigenvalue weighted by atomic mass is 16.7. The molecule has 0 atom stereocenters. The number of hydrogen-bond acceptors (Lipinski definition) is 7. The maximum Gasteiger partial charge on any atom is 0.331 e. The summed E-state index contributed by atoms with van der Waals surface area (Å²) in [6.07, 6.45) is 0. The standard InChI is InChI=1S/C23H26N4O5/c1-24-18-14-21-20(31-15-32-21)13-16(18)22(28)27(23(24)29)12-9-25-7-10-26(11-8-25)17-5-3-4-6-19(17)30-2/h3-6,13-14H,7-12,15H2,1-2H3. The van der Waals surface area contributed by atoms with Crippen LogP contribution in [0.25, 0.3) is 10.9 Å². The quantitative estimate of drug-likeness (QED) is 0.594. The number of para-hydroxylation sites is 2. The van der Waals surface area contributed by atoms with Crippen LogP contribution < -0.4 is 30.4 Å². The molecule has 0 amide bonds. The van der Waals surface area contributed by atoms with E-state index in [1.165, 1.54) is 9.13 Å². The number of nitrogens with zero attached hydrogens (tertiary/aromatic N) is 4. The van der Waals surface area contributed by atoms with Gasteiger partial charge in [0.15, 0.2) is 11.5 Å². The van der Waals surface area contributed by atoms with Crippen LogP contribution in [0, 0.1) is 0 Å². The van der Waals surface area contributed by atoms with Gasteiger partial charge in [-0.05, 0) is 18.2 Å². The lowest BCUT2D eigenvalue weighted by molar-refractivity contribution is 0.174. The van der Waals surface area contributed by atoms with Crippen LogP contribution >= 0.6 is 0 Å². The zero-order valence-electron chi connectivity index (χ0n) is 18.2. The van der Waals surface area contributed by atoms with Gasteiger partial charge >= 0.3 is 5.69 Å². The highest BCUT2D eigenvalue weighted by Crippen LogP contribution is 2.34. The maximum atomic E-state index is 13.1. The van der Waals surface area contributed by atoms with Gasteiger partial charge in [-0.15, -0.1) is 0 Å². The Morgan fingerprint density at radius 2 is 1.69 bits per heavy atom. The van der Waals surface area contributed by atoms with Gasteiger partial charge in [0.1, 0.15) is 5.75 Å². The zero-order chi connectivity index (χ0) is 22.2. The fourth-order valence-electron chi connectivity index (χ4n) is 4.44. The molecule has 0 unspecified atom stereocenters. The number of rotatable bonds is 5. The van der Waals surface area contributed by atoms with Crippen molar-refractivity contribution in [3.63, 3.8) is 0 Å². The molecule has 1 aromatic heterocycles. The van der Waals surface area contributed by atoms with E-state index in [-0.39, 0.29) is 18.0 Å². The molecule has 2 aliphatic heterocycles. The molecule has 5 rings (SSSR count). The molecule has 1 fully saturated rings. The molecule has 0 bridgehead atoms. The van der Waals surface area contributed by atoms with Crippen molar-refractivity contribution >= 4 is 16.6 Å². The Morgan fingerprint density at radius 1 is 0.969 bits per heavy atom. The molecule has 9 nitrogen and oxygen atoms in total. The van der Waals surface area contributed by atoms with Crippen molar-refractivity contribution in [1.82, 2.24) is 14.0 Å². The van der Waals surface area contributed by atoms with Crippen LogP contribution in [-0.4, -0.2) is 60.7 Å². The van der Waals surface area contributed by atoms with Crippen molar-refractivity contribution in [2.45, 2.75) is 6.54 Å². The average molecular weight is 438 g/mol. The molecule has 3 aromatic rings. The third kappa shape index (κ3) is 3.48. The van der Waals surface area contributed by atoms with Crippen LogP contribution in [0.4, 0.5) is 5.69 Å². The maximum absolute atomic E-state index is 13.1. The Bertz CT molecular complexity index is 1270. The summed E-state index contributed by atoms with van der Waals surface area (Å²) < 4.78 is 19.1. The first-order valence-electron chi connectivity index (χ1n) is 10.7. The fourth-order valence-corrected chi connectivity index (χ4v) is 4.44. The van der Waals surface area contributed by atoms with Crippen molar-refractivity contribution in [1.29, 1.82) is 0 Å². The summed E-state index contributed by atoms with van der Waals surface area (Å²) in [4.78, 5) is 30.6. The third-order valence-electron chi connectivity index (χ3n) is 6.28. The second kappa shape index (κ2) is 8.23.